The van der Waals surface area contributed by atoms with E-state index in [9.17, 15) is 0 Å². The third-order valence-electron chi connectivity index (χ3n) is 8.12. The van der Waals surface area contributed by atoms with Crippen LogP contribution in [-0.4, -0.2) is 46.0 Å². The molecule has 5 aromatic rings. The van der Waals surface area contributed by atoms with Crippen LogP contribution in [0.25, 0.3) is 0 Å². The zero-order valence-electron chi connectivity index (χ0n) is 29.2. The summed E-state index contributed by atoms with van der Waals surface area (Å²) >= 11 is 0. The van der Waals surface area contributed by atoms with Crippen LogP contribution in [0.4, 0.5) is 52.0 Å². The maximum Gasteiger partial charge on any atom is 0.233 e. The summed E-state index contributed by atoms with van der Waals surface area (Å²) in [6.45, 7) is 16.3. The molecular weight excluding hydrogens is 610 g/mol. The van der Waals surface area contributed by atoms with Gasteiger partial charge in [0.25, 0.3) is 0 Å². The molecule has 11 heteroatoms. The van der Waals surface area contributed by atoms with E-state index in [0.717, 1.165) is 89.0 Å². The minimum atomic E-state index is 0.410. The molecule has 0 unspecified atom stereocenters. The lowest BCUT2D eigenvalue weighted by Crippen LogP contribution is -2.25. The fraction of sp³-hybridized carbons (Fsp3) is 0.289. The lowest BCUT2D eigenvalue weighted by molar-refractivity contribution is 0.303. The van der Waals surface area contributed by atoms with Crippen molar-refractivity contribution in [1.29, 1.82) is 0 Å². The van der Waals surface area contributed by atoms with Crippen LogP contribution < -0.4 is 16.0 Å². The molecule has 0 saturated heterocycles. The standard InChI is InChI=1S/C38H45N11/c1-7-49(8-2)25-11-24-39-36-42-37(40-30-16-20-32(21-17-30)45-47-34-26(3)12-9-13-27(34)4)44-38(43-36)41-31-18-22-33(23-19-31)46-48-35-28(5)14-10-15-29(35)6/h9-10,12-23H,7-8,11,24-25H2,1-6H3,(H3,39,40,41,42,43,44)/b47-45+,48-46+. The largest absolute Gasteiger partial charge is 0.354 e. The second-order valence-electron chi connectivity index (χ2n) is 11.8. The Bertz CT molecular complexity index is 1710. The molecule has 0 aliphatic rings. The number of aromatic nitrogens is 3. The molecule has 0 aliphatic heterocycles. The second kappa shape index (κ2) is 17.0. The maximum atomic E-state index is 4.67. The summed E-state index contributed by atoms with van der Waals surface area (Å²) in [4.78, 5) is 16.4. The predicted octanol–water partition coefficient (Wildman–Crippen LogP) is 10.6. The number of hydrogen-bond donors (Lipinski definition) is 3. The first-order valence-electron chi connectivity index (χ1n) is 16.7. The molecule has 0 atom stereocenters. The van der Waals surface area contributed by atoms with Crippen molar-refractivity contribution in [1.82, 2.24) is 19.9 Å². The Kier molecular flexibility index (Phi) is 12.1. The smallest absolute Gasteiger partial charge is 0.233 e. The maximum absolute atomic E-state index is 4.67. The quantitative estimate of drug-likeness (QED) is 0.0756. The van der Waals surface area contributed by atoms with Gasteiger partial charge in [-0.25, -0.2) is 0 Å². The molecule has 1 heterocycles. The Morgan fingerprint density at radius 2 is 0.939 bits per heavy atom. The van der Waals surface area contributed by atoms with Crippen LogP contribution in [0.1, 0.15) is 42.5 Å². The van der Waals surface area contributed by atoms with E-state index in [-0.39, 0.29) is 0 Å². The summed E-state index contributed by atoms with van der Waals surface area (Å²) in [5.41, 5.74) is 9.27. The van der Waals surface area contributed by atoms with Gasteiger partial charge in [-0.2, -0.15) is 35.4 Å². The zero-order valence-corrected chi connectivity index (χ0v) is 29.2. The minimum absolute atomic E-state index is 0.410. The minimum Gasteiger partial charge on any atom is -0.354 e. The molecule has 4 aromatic carbocycles. The number of rotatable bonds is 15. The van der Waals surface area contributed by atoms with Gasteiger partial charge in [0.1, 0.15) is 0 Å². The van der Waals surface area contributed by atoms with Crippen molar-refractivity contribution < 1.29 is 0 Å². The average molecular weight is 656 g/mol. The molecule has 0 radical (unpaired) electrons. The van der Waals surface area contributed by atoms with Gasteiger partial charge in [0, 0.05) is 17.9 Å². The molecule has 252 valence electrons. The lowest BCUT2D eigenvalue weighted by Gasteiger charge is -2.17. The molecule has 1 aromatic heterocycles. The van der Waals surface area contributed by atoms with Crippen molar-refractivity contribution in [3.8, 4) is 0 Å². The van der Waals surface area contributed by atoms with Crippen LogP contribution in [0.15, 0.2) is 105 Å². The fourth-order valence-corrected chi connectivity index (χ4v) is 5.23. The molecule has 0 bridgehead atoms. The number of hydrogen-bond acceptors (Lipinski definition) is 11. The van der Waals surface area contributed by atoms with Crippen molar-refractivity contribution >= 4 is 52.0 Å². The number of aryl methyl sites for hydroxylation is 4. The van der Waals surface area contributed by atoms with E-state index in [4.69, 9.17) is 0 Å². The number of benzene rings is 4. The monoisotopic (exact) mass is 655 g/mol. The van der Waals surface area contributed by atoms with E-state index in [1.807, 2.05) is 113 Å². The Balaban J connectivity index is 1.30. The zero-order chi connectivity index (χ0) is 34.6. The first-order valence-corrected chi connectivity index (χ1v) is 16.7. The number of nitrogens with one attached hydrogen (secondary N) is 3. The molecule has 0 aliphatic carbocycles. The van der Waals surface area contributed by atoms with Crippen LogP contribution in [0.5, 0.6) is 0 Å². The van der Waals surface area contributed by atoms with Crippen molar-refractivity contribution in [3.63, 3.8) is 0 Å². The topological polar surface area (TPSA) is 127 Å². The van der Waals surface area contributed by atoms with Crippen molar-refractivity contribution in [2.24, 2.45) is 20.5 Å². The van der Waals surface area contributed by atoms with E-state index < -0.39 is 0 Å². The summed E-state index contributed by atoms with van der Waals surface area (Å²) in [7, 11) is 0. The van der Waals surface area contributed by atoms with Gasteiger partial charge in [-0.3, -0.25) is 0 Å². The summed E-state index contributed by atoms with van der Waals surface area (Å²) in [6.07, 6.45) is 0.967. The Morgan fingerprint density at radius 1 is 0.531 bits per heavy atom. The third kappa shape index (κ3) is 9.97. The summed E-state index contributed by atoms with van der Waals surface area (Å²) < 4.78 is 0. The predicted molar refractivity (Wildman–Crippen MR) is 200 cm³/mol. The molecule has 0 spiro atoms. The molecule has 5 rings (SSSR count). The van der Waals surface area contributed by atoms with Crippen LogP contribution in [0.2, 0.25) is 0 Å². The van der Waals surface area contributed by atoms with E-state index in [1.165, 1.54) is 0 Å². The molecule has 0 amide bonds. The van der Waals surface area contributed by atoms with E-state index in [0.29, 0.717) is 17.8 Å². The fourth-order valence-electron chi connectivity index (χ4n) is 5.23. The van der Waals surface area contributed by atoms with E-state index in [1.54, 1.807) is 0 Å². The molecule has 0 saturated carbocycles. The Hall–Kier alpha value is -5.55. The van der Waals surface area contributed by atoms with Gasteiger partial charge < -0.3 is 20.9 Å². The van der Waals surface area contributed by atoms with Gasteiger partial charge in [-0.15, -0.1) is 0 Å². The number of nitrogens with zero attached hydrogens (tertiary/aromatic N) is 8. The number of azo groups is 2. The van der Waals surface area contributed by atoms with Gasteiger partial charge >= 0.3 is 0 Å². The van der Waals surface area contributed by atoms with Crippen LogP contribution in [0.3, 0.4) is 0 Å². The highest BCUT2D eigenvalue weighted by molar-refractivity contribution is 5.62. The van der Waals surface area contributed by atoms with Crippen molar-refractivity contribution in [2.45, 2.75) is 48.0 Å². The second-order valence-corrected chi connectivity index (χ2v) is 11.8. The van der Waals surface area contributed by atoms with Gasteiger partial charge in [-0.05, 0) is 125 Å². The molecule has 0 fully saturated rings. The van der Waals surface area contributed by atoms with Gasteiger partial charge in [0.2, 0.25) is 17.8 Å². The summed E-state index contributed by atoms with van der Waals surface area (Å²) in [6, 6.07) is 27.6. The van der Waals surface area contributed by atoms with Crippen molar-refractivity contribution in [3.05, 3.63) is 107 Å². The molecular formula is C38H45N11. The SMILES string of the molecule is CCN(CC)CCCNc1nc(Nc2ccc(/N=N/c3c(C)cccc3C)cc2)nc(Nc2ccc(/N=N/c3c(C)cccc3C)cc2)n1. The highest BCUT2D eigenvalue weighted by atomic mass is 15.3. The third-order valence-corrected chi connectivity index (χ3v) is 8.12. The first-order chi connectivity index (χ1) is 23.8. The van der Waals surface area contributed by atoms with Crippen LogP contribution in [-0.2, 0) is 0 Å². The van der Waals surface area contributed by atoms with E-state index >= 15 is 0 Å². The molecule has 3 N–H and O–H groups in total. The molecule has 49 heavy (non-hydrogen) atoms. The van der Waals surface area contributed by atoms with Gasteiger partial charge in [0.05, 0.1) is 22.7 Å². The normalized spacial score (nSPS) is 11.5. The highest BCUT2D eigenvalue weighted by Crippen LogP contribution is 2.28. The highest BCUT2D eigenvalue weighted by Gasteiger charge is 2.09. The average Bonchev–Trinajstić information content (AvgIpc) is 3.09. The van der Waals surface area contributed by atoms with Crippen molar-refractivity contribution in [2.75, 3.05) is 42.1 Å². The van der Waals surface area contributed by atoms with Crippen LogP contribution in [0, 0.1) is 27.7 Å². The first kappa shape index (κ1) is 34.8. The Labute approximate surface area is 289 Å². The summed E-state index contributed by atoms with van der Waals surface area (Å²) in [5, 5.41) is 27.9. The lowest BCUT2D eigenvalue weighted by atomic mass is 10.1. The number of anilines is 5. The van der Waals surface area contributed by atoms with Gasteiger partial charge in [0.15, 0.2) is 0 Å². The van der Waals surface area contributed by atoms with Crippen LogP contribution >= 0.6 is 0 Å². The summed E-state index contributed by atoms with van der Waals surface area (Å²) in [5.74, 6) is 1.30. The molecule has 11 nitrogen and oxygen atoms in total. The van der Waals surface area contributed by atoms with E-state index in [2.05, 4.69) is 70.1 Å². The Morgan fingerprint density at radius 3 is 1.35 bits per heavy atom. The van der Waals surface area contributed by atoms with Gasteiger partial charge in [-0.1, -0.05) is 50.2 Å².